The monoisotopic (exact) mass is 484 g/mol. The van der Waals surface area contributed by atoms with E-state index in [1.165, 1.54) is 30.3 Å². The Bertz CT molecular complexity index is 983. The second-order valence-corrected chi connectivity index (χ2v) is 8.97. The number of rotatable bonds is 8. The minimum atomic E-state index is -3.65. The molecule has 0 aliphatic rings. The number of carbonyl (C=O) groups excluding carboxylic acids is 1. The van der Waals surface area contributed by atoms with E-state index in [0.29, 0.717) is 13.0 Å². The lowest BCUT2D eigenvalue weighted by molar-refractivity contribution is -0.118. The van der Waals surface area contributed by atoms with Gasteiger partial charge >= 0.3 is 0 Å². The second-order valence-electron chi connectivity index (χ2n) is 5.57. The van der Waals surface area contributed by atoms with Gasteiger partial charge in [-0.2, -0.15) is 0 Å². The van der Waals surface area contributed by atoms with Crippen LogP contribution in [0.25, 0.3) is 0 Å². The molecule has 0 unspecified atom stereocenters. The molecule has 0 spiro atoms. The summed E-state index contributed by atoms with van der Waals surface area (Å²) in [6.07, 6.45) is 0.659. The Labute approximate surface area is 183 Å². The molecule has 0 bridgehead atoms. The van der Waals surface area contributed by atoms with E-state index in [0.717, 1.165) is 0 Å². The van der Waals surface area contributed by atoms with Crippen LogP contribution in [0.4, 0.5) is 5.69 Å². The third-order valence-corrected chi connectivity index (χ3v) is 6.19. The van der Waals surface area contributed by atoms with E-state index in [2.05, 4.69) is 10.0 Å². The van der Waals surface area contributed by atoms with Crippen molar-refractivity contribution in [3.05, 3.63) is 50.4 Å². The summed E-state index contributed by atoms with van der Waals surface area (Å²) in [6, 6.07) is 6.79. The highest BCUT2D eigenvalue weighted by Gasteiger charge is 2.16. The number of benzene rings is 2. The SMILES string of the molecule is CCCNS(=O)(=O)c1ccc(OCC(=O)Nc2cc(Cl)c(Cl)cc2Cl)c(Cl)c1. The van der Waals surface area contributed by atoms with Crippen LogP contribution in [0.3, 0.4) is 0 Å². The average Bonchev–Trinajstić information content (AvgIpc) is 2.63. The van der Waals surface area contributed by atoms with Crippen LogP contribution < -0.4 is 14.8 Å². The summed E-state index contributed by atoms with van der Waals surface area (Å²) in [5.74, 6) is -0.357. The maximum atomic E-state index is 12.1. The first-order valence-corrected chi connectivity index (χ1v) is 11.0. The predicted octanol–water partition coefficient (Wildman–Crippen LogP) is 5.01. The summed E-state index contributed by atoms with van der Waals surface area (Å²) < 4.78 is 32.0. The molecule has 2 aromatic carbocycles. The molecule has 0 fully saturated rings. The second kappa shape index (κ2) is 10.0. The molecule has 2 N–H and O–H groups in total. The Morgan fingerprint density at radius 3 is 2.32 bits per heavy atom. The van der Waals surface area contributed by atoms with Gasteiger partial charge in [0.05, 0.1) is 30.7 Å². The van der Waals surface area contributed by atoms with Crippen molar-refractivity contribution in [1.29, 1.82) is 0 Å². The van der Waals surface area contributed by atoms with Crippen molar-refractivity contribution in [3.8, 4) is 5.75 Å². The third-order valence-electron chi connectivity index (χ3n) is 3.40. The standard InChI is InChI=1S/C17H16Cl4N2O4S/c1-2-5-22-28(25,26)10-3-4-16(14(21)6-10)27-9-17(24)23-15-8-12(19)11(18)7-13(15)20/h3-4,6-8,22H,2,5,9H2,1H3,(H,23,24). The molecule has 0 radical (unpaired) electrons. The van der Waals surface area contributed by atoms with E-state index in [1.807, 2.05) is 6.92 Å². The molecular weight excluding hydrogens is 470 g/mol. The molecular formula is C17H16Cl4N2O4S. The van der Waals surface area contributed by atoms with Crippen molar-refractivity contribution < 1.29 is 17.9 Å². The fraction of sp³-hybridized carbons (Fsp3) is 0.235. The lowest BCUT2D eigenvalue weighted by Gasteiger charge is -2.12. The molecule has 1 amide bonds. The molecule has 0 aliphatic carbocycles. The van der Waals surface area contributed by atoms with Crippen molar-refractivity contribution in [2.45, 2.75) is 18.2 Å². The van der Waals surface area contributed by atoms with Crippen LogP contribution in [0.15, 0.2) is 35.2 Å². The van der Waals surface area contributed by atoms with Gasteiger partial charge in [-0.25, -0.2) is 13.1 Å². The number of carbonyl (C=O) groups is 1. The molecule has 0 saturated carbocycles. The molecule has 11 heteroatoms. The summed E-state index contributed by atoms with van der Waals surface area (Å²) in [5.41, 5.74) is 0.277. The van der Waals surface area contributed by atoms with Gasteiger partial charge in [-0.05, 0) is 36.8 Å². The largest absolute Gasteiger partial charge is 0.482 e. The van der Waals surface area contributed by atoms with Crippen molar-refractivity contribution >= 4 is 68.0 Å². The van der Waals surface area contributed by atoms with E-state index in [4.69, 9.17) is 51.1 Å². The molecule has 6 nitrogen and oxygen atoms in total. The van der Waals surface area contributed by atoms with Crippen molar-refractivity contribution in [2.75, 3.05) is 18.5 Å². The summed E-state index contributed by atoms with van der Waals surface area (Å²) in [7, 11) is -3.65. The van der Waals surface area contributed by atoms with Gasteiger partial charge in [-0.1, -0.05) is 53.3 Å². The highest BCUT2D eigenvalue weighted by molar-refractivity contribution is 7.89. The van der Waals surface area contributed by atoms with Crippen LogP contribution in [0.5, 0.6) is 5.75 Å². The van der Waals surface area contributed by atoms with E-state index in [1.54, 1.807) is 0 Å². The molecule has 28 heavy (non-hydrogen) atoms. The zero-order valence-corrected chi connectivity index (χ0v) is 18.4. The predicted molar refractivity (Wildman–Crippen MR) is 113 cm³/mol. The van der Waals surface area contributed by atoms with Gasteiger partial charge in [0.2, 0.25) is 10.0 Å². The summed E-state index contributed by atoms with van der Waals surface area (Å²) in [4.78, 5) is 12.1. The summed E-state index contributed by atoms with van der Waals surface area (Å²) in [5, 5.41) is 3.31. The van der Waals surface area contributed by atoms with E-state index < -0.39 is 15.9 Å². The molecule has 2 aromatic rings. The van der Waals surface area contributed by atoms with Crippen molar-refractivity contribution in [2.24, 2.45) is 0 Å². The molecule has 0 heterocycles. The Hall–Kier alpha value is -1.22. The van der Waals surface area contributed by atoms with Crippen LogP contribution in [-0.2, 0) is 14.8 Å². The van der Waals surface area contributed by atoms with Gasteiger partial charge in [0.1, 0.15) is 5.75 Å². The molecule has 152 valence electrons. The van der Waals surface area contributed by atoms with Gasteiger partial charge in [0.25, 0.3) is 5.91 Å². The van der Waals surface area contributed by atoms with Crippen LogP contribution >= 0.6 is 46.4 Å². The van der Waals surface area contributed by atoms with Crippen LogP contribution in [0.1, 0.15) is 13.3 Å². The summed E-state index contributed by atoms with van der Waals surface area (Å²) >= 11 is 23.8. The Balaban J connectivity index is 2.03. The van der Waals surface area contributed by atoms with E-state index in [-0.39, 0.29) is 43.0 Å². The highest BCUT2D eigenvalue weighted by atomic mass is 35.5. The van der Waals surface area contributed by atoms with E-state index >= 15 is 0 Å². The minimum absolute atomic E-state index is 0.00494. The number of ether oxygens (including phenoxy) is 1. The van der Waals surface area contributed by atoms with Crippen LogP contribution in [0.2, 0.25) is 20.1 Å². The lowest BCUT2D eigenvalue weighted by atomic mass is 10.3. The quantitative estimate of drug-likeness (QED) is 0.515. The van der Waals surface area contributed by atoms with Gasteiger partial charge < -0.3 is 10.1 Å². The Kier molecular flexibility index (Phi) is 8.24. The minimum Gasteiger partial charge on any atom is -0.482 e. The Morgan fingerprint density at radius 1 is 1.00 bits per heavy atom. The summed E-state index contributed by atoms with van der Waals surface area (Å²) in [6.45, 7) is 1.79. The number of hydrogen-bond acceptors (Lipinski definition) is 4. The van der Waals surface area contributed by atoms with Crippen molar-refractivity contribution in [1.82, 2.24) is 4.72 Å². The highest BCUT2D eigenvalue weighted by Crippen LogP contribution is 2.32. The zero-order valence-electron chi connectivity index (χ0n) is 14.6. The molecule has 0 aliphatic heterocycles. The Morgan fingerprint density at radius 2 is 1.68 bits per heavy atom. The number of halogens is 4. The fourth-order valence-electron chi connectivity index (χ4n) is 2.03. The number of hydrogen-bond donors (Lipinski definition) is 2. The van der Waals surface area contributed by atoms with E-state index in [9.17, 15) is 13.2 Å². The smallest absolute Gasteiger partial charge is 0.262 e. The van der Waals surface area contributed by atoms with Crippen LogP contribution in [-0.4, -0.2) is 27.5 Å². The molecule has 0 aromatic heterocycles. The van der Waals surface area contributed by atoms with Gasteiger partial charge in [-0.3, -0.25) is 4.79 Å². The number of anilines is 1. The van der Waals surface area contributed by atoms with Crippen LogP contribution in [0, 0.1) is 0 Å². The fourth-order valence-corrected chi connectivity index (χ4v) is 4.09. The lowest BCUT2D eigenvalue weighted by Crippen LogP contribution is -2.24. The first-order valence-electron chi connectivity index (χ1n) is 8.00. The number of sulfonamides is 1. The number of nitrogens with one attached hydrogen (secondary N) is 2. The molecule has 0 atom stereocenters. The van der Waals surface area contributed by atoms with Gasteiger partial charge in [0, 0.05) is 6.54 Å². The first-order chi connectivity index (χ1) is 13.1. The van der Waals surface area contributed by atoms with Gasteiger partial charge in [-0.15, -0.1) is 0 Å². The third kappa shape index (κ3) is 6.14. The first kappa shape index (κ1) is 23.1. The topological polar surface area (TPSA) is 84.5 Å². The maximum absolute atomic E-state index is 12.1. The van der Waals surface area contributed by atoms with Gasteiger partial charge in [0.15, 0.2) is 6.61 Å². The maximum Gasteiger partial charge on any atom is 0.262 e. The number of amides is 1. The average molecular weight is 486 g/mol. The van der Waals surface area contributed by atoms with Crippen molar-refractivity contribution in [3.63, 3.8) is 0 Å². The molecule has 0 saturated heterocycles. The molecule has 2 rings (SSSR count). The normalized spacial score (nSPS) is 11.3. The zero-order chi connectivity index (χ0) is 20.9.